The van der Waals surface area contributed by atoms with Crippen LogP contribution in [-0.2, 0) is 4.74 Å². The Morgan fingerprint density at radius 3 is 2.62 bits per heavy atom. The fourth-order valence-electron chi connectivity index (χ4n) is 2.83. The van der Waals surface area contributed by atoms with E-state index in [-0.39, 0.29) is 18.2 Å². The second-order valence-corrected chi connectivity index (χ2v) is 5.94. The van der Waals surface area contributed by atoms with Crippen LogP contribution < -0.4 is 5.73 Å². The number of hydrogen-bond acceptors (Lipinski definition) is 3. The van der Waals surface area contributed by atoms with E-state index in [0.29, 0.717) is 6.04 Å². The molecule has 0 aliphatic carbocycles. The second kappa shape index (κ2) is 3.91. The molecule has 2 fully saturated rings. The summed E-state index contributed by atoms with van der Waals surface area (Å²) in [6.07, 6.45) is 4.03. The molecule has 2 N–H and O–H groups in total. The molecule has 2 aliphatic rings. The summed E-state index contributed by atoms with van der Waals surface area (Å²) in [7, 11) is 0. The molecule has 0 unspecified atom stereocenters. The Hall–Kier alpha value is -0.770. The highest BCUT2D eigenvalue weighted by molar-refractivity contribution is 5.70. The smallest absolute Gasteiger partial charge is 0.410 e. The van der Waals surface area contributed by atoms with Crippen molar-refractivity contribution in [3.05, 3.63) is 0 Å². The number of amides is 1. The van der Waals surface area contributed by atoms with Gasteiger partial charge in [-0.3, -0.25) is 0 Å². The lowest BCUT2D eigenvalue weighted by atomic mass is 10.0. The summed E-state index contributed by atoms with van der Waals surface area (Å²) in [4.78, 5) is 14.0. The first-order chi connectivity index (χ1) is 7.38. The number of nitrogens with two attached hydrogens (primary N) is 1. The van der Waals surface area contributed by atoms with Crippen LogP contribution in [0.15, 0.2) is 0 Å². The third-order valence-electron chi connectivity index (χ3n) is 3.43. The molecule has 0 aromatic carbocycles. The second-order valence-electron chi connectivity index (χ2n) is 5.94. The zero-order valence-electron chi connectivity index (χ0n) is 10.4. The fraction of sp³-hybridized carbons (Fsp3) is 0.917. The summed E-state index contributed by atoms with van der Waals surface area (Å²) in [5.74, 6) is 0. The fourth-order valence-corrected chi connectivity index (χ4v) is 2.83. The van der Waals surface area contributed by atoms with Gasteiger partial charge in [-0.05, 0) is 46.5 Å². The van der Waals surface area contributed by atoms with Crippen molar-refractivity contribution >= 4 is 6.09 Å². The van der Waals surface area contributed by atoms with Gasteiger partial charge < -0.3 is 15.4 Å². The van der Waals surface area contributed by atoms with Crippen LogP contribution >= 0.6 is 0 Å². The predicted octanol–water partition coefficient (Wildman–Crippen LogP) is 1.88. The zero-order chi connectivity index (χ0) is 11.9. The molecule has 0 spiro atoms. The minimum Gasteiger partial charge on any atom is -0.444 e. The number of fused-ring (bicyclic) bond motifs is 2. The van der Waals surface area contributed by atoms with Crippen LogP contribution in [0.1, 0.15) is 46.5 Å². The molecule has 3 atom stereocenters. The Morgan fingerprint density at radius 2 is 2.06 bits per heavy atom. The van der Waals surface area contributed by atoms with Crippen LogP contribution in [0.25, 0.3) is 0 Å². The summed E-state index contributed by atoms with van der Waals surface area (Å²) >= 11 is 0. The van der Waals surface area contributed by atoms with Gasteiger partial charge >= 0.3 is 6.09 Å². The zero-order valence-corrected chi connectivity index (χ0v) is 10.4. The van der Waals surface area contributed by atoms with E-state index in [1.807, 2.05) is 25.7 Å². The summed E-state index contributed by atoms with van der Waals surface area (Å²) in [6, 6.07) is 0.650. The van der Waals surface area contributed by atoms with Crippen molar-refractivity contribution in [2.75, 3.05) is 0 Å². The van der Waals surface area contributed by atoms with Crippen LogP contribution in [0.2, 0.25) is 0 Å². The van der Waals surface area contributed by atoms with Gasteiger partial charge in [0.1, 0.15) is 5.60 Å². The van der Waals surface area contributed by atoms with Gasteiger partial charge in [-0.1, -0.05) is 0 Å². The Balaban J connectivity index is 2.07. The van der Waals surface area contributed by atoms with E-state index in [1.54, 1.807) is 0 Å². The number of nitrogens with zero attached hydrogens (tertiary/aromatic N) is 1. The third-order valence-corrected chi connectivity index (χ3v) is 3.43. The summed E-state index contributed by atoms with van der Waals surface area (Å²) in [6.45, 7) is 5.70. The maximum atomic E-state index is 12.1. The largest absolute Gasteiger partial charge is 0.444 e. The van der Waals surface area contributed by atoms with Crippen LogP contribution in [0, 0.1) is 0 Å². The molecule has 0 saturated carbocycles. The molecule has 2 heterocycles. The number of carbonyl (C=O) groups is 1. The minimum absolute atomic E-state index is 0.139. The van der Waals surface area contributed by atoms with Gasteiger partial charge in [0.2, 0.25) is 0 Å². The van der Waals surface area contributed by atoms with Gasteiger partial charge in [-0.25, -0.2) is 4.79 Å². The van der Waals surface area contributed by atoms with Gasteiger partial charge in [0, 0.05) is 12.1 Å². The van der Waals surface area contributed by atoms with Gasteiger partial charge in [-0.2, -0.15) is 0 Å². The Morgan fingerprint density at radius 1 is 1.38 bits per heavy atom. The number of rotatable bonds is 0. The highest BCUT2D eigenvalue weighted by Gasteiger charge is 2.45. The van der Waals surface area contributed by atoms with Crippen molar-refractivity contribution in [3.63, 3.8) is 0 Å². The molecule has 0 aromatic rings. The molecular formula is C12H22N2O2. The summed E-state index contributed by atoms with van der Waals surface area (Å²) < 4.78 is 5.44. The molecule has 2 saturated heterocycles. The SMILES string of the molecule is CC(C)(C)OC(=O)N1[C@@H]2CCC[C@H]1[C@H](N)C2. The molecule has 0 aromatic heterocycles. The molecule has 16 heavy (non-hydrogen) atoms. The van der Waals surface area contributed by atoms with Crippen molar-refractivity contribution in [2.45, 2.75) is 70.2 Å². The van der Waals surface area contributed by atoms with E-state index >= 15 is 0 Å². The van der Waals surface area contributed by atoms with Gasteiger partial charge in [0.05, 0.1) is 6.04 Å². The van der Waals surface area contributed by atoms with Gasteiger partial charge in [0.25, 0.3) is 0 Å². The van der Waals surface area contributed by atoms with Crippen molar-refractivity contribution in [3.8, 4) is 0 Å². The molecule has 92 valence electrons. The number of hydrogen-bond donors (Lipinski definition) is 1. The highest BCUT2D eigenvalue weighted by atomic mass is 16.6. The van der Waals surface area contributed by atoms with Crippen molar-refractivity contribution in [2.24, 2.45) is 5.73 Å². The molecular weight excluding hydrogens is 204 g/mol. The van der Waals surface area contributed by atoms with Gasteiger partial charge in [0.15, 0.2) is 0 Å². The van der Waals surface area contributed by atoms with E-state index in [0.717, 1.165) is 19.3 Å². The van der Waals surface area contributed by atoms with E-state index < -0.39 is 5.60 Å². The lowest BCUT2D eigenvalue weighted by Crippen LogP contribution is -2.49. The Kier molecular flexibility index (Phi) is 2.86. The van der Waals surface area contributed by atoms with Crippen LogP contribution in [0.3, 0.4) is 0 Å². The van der Waals surface area contributed by atoms with Crippen molar-refractivity contribution in [1.29, 1.82) is 0 Å². The quantitative estimate of drug-likeness (QED) is 0.686. The Labute approximate surface area is 97.1 Å². The number of piperidine rings is 1. The average molecular weight is 226 g/mol. The monoisotopic (exact) mass is 226 g/mol. The maximum absolute atomic E-state index is 12.1. The van der Waals surface area contributed by atoms with Crippen LogP contribution in [0.4, 0.5) is 4.79 Å². The highest BCUT2D eigenvalue weighted by Crippen LogP contribution is 2.35. The summed E-state index contributed by atoms with van der Waals surface area (Å²) in [5, 5.41) is 0. The lowest BCUT2D eigenvalue weighted by molar-refractivity contribution is 0.00716. The molecule has 4 nitrogen and oxygen atoms in total. The van der Waals surface area contributed by atoms with E-state index in [9.17, 15) is 4.79 Å². The van der Waals surface area contributed by atoms with Crippen molar-refractivity contribution < 1.29 is 9.53 Å². The predicted molar refractivity (Wildman–Crippen MR) is 62.1 cm³/mol. The molecule has 1 amide bonds. The standard InChI is InChI=1S/C12H22N2O2/c1-12(2,3)16-11(15)14-8-5-4-6-10(14)9(13)7-8/h8-10H,4-7,13H2,1-3H3/t8-,9-,10+/m1/s1. The molecule has 2 bridgehead atoms. The van der Waals surface area contributed by atoms with Crippen LogP contribution in [-0.4, -0.2) is 34.7 Å². The lowest BCUT2D eigenvalue weighted by Gasteiger charge is -2.36. The third kappa shape index (κ3) is 2.17. The Bertz CT molecular complexity index is 285. The van der Waals surface area contributed by atoms with Crippen LogP contribution in [0.5, 0.6) is 0 Å². The molecule has 0 radical (unpaired) electrons. The van der Waals surface area contributed by atoms with Crippen molar-refractivity contribution in [1.82, 2.24) is 4.90 Å². The average Bonchev–Trinajstić information content (AvgIpc) is 2.31. The normalized spacial score (nSPS) is 34.0. The van der Waals surface area contributed by atoms with E-state index in [4.69, 9.17) is 10.5 Å². The maximum Gasteiger partial charge on any atom is 0.410 e. The topological polar surface area (TPSA) is 55.6 Å². The van der Waals surface area contributed by atoms with Gasteiger partial charge in [-0.15, -0.1) is 0 Å². The van der Waals surface area contributed by atoms with E-state index in [2.05, 4.69) is 0 Å². The summed E-state index contributed by atoms with van der Waals surface area (Å²) in [5.41, 5.74) is 5.64. The minimum atomic E-state index is -0.419. The first-order valence-electron chi connectivity index (χ1n) is 6.15. The van der Waals surface area contributed by atoms with E-state index in [1.165, 1.54) is 6.42 Å². The molecule has 4 heteroatoms. The first-order valence-corrected chi connectivity index (χ1v) is 6.15. The first kappa shape index (κ1) is 11.7. The molecule has 2 rings (SSSR count). The number of carbonyl (C=O) groups excluding carboxylic acids is 1. The molecule has 2 aliphatic heterocycles. The number of ether oxygens (including phenoxy) is 1.